The molecule has 1 aromatic rings. The van der Waals surface area contributed by atoms with Gasteiger partial charge < -0.3 is 5.73 Å². The predicted molar refractivity (Wildman–Crippen MR) is 45.3 cm³/mol. The molecule has 4 heteroatoms. The molecule has 0 aliphatic heterocycles. The maximum absolute atomic E-state index is 10.7. The number of aryl methyl sites for hydroxylation is 1. The van der Waals surface area contributed by atoms with Gasteiger partial charge in [0.05, 0.1) is 12.5 Å². The average molecular weight is 167 g/mol. The third kappa shape index (κ3) is 1.84. The maximum Gasteiger partial charge on any atom is 0.222 e. The summed E-state index contributed by atoms with van der Waals surface area (Å²) in [6.45, 7) is 4.30. The first-order valence-electron chi connectivity index (χ1n) is 3.89. The summed E-state index contributed by atoms with van der Waals surface area (Å²) in [6, 6.07) is 1.90. The van der Waals surface area contributed by atoms with E-state index >= 15 is 0 Å². The molecule has 4 nitrogen and oxygen atoms in total. The second kappa shape index (κ2) is 3.38. The van der Waals surface area contributed by atoms with Crippen LogP contribution in [0.5, 0.6) is 0 Å². The van der Waals surface area contributed by atoms with Gasteiger partial charge in [-0.15, -0.1) is 0 Å². The van der Waals surface area contributed by atoms with Crippen LogP contribution in [0.3, 0.4) is 0 Å². The van der Waals surface area contributed by atoms with Crippen LogP contribution in [0.4, 0.5) is 0 Å². The van der Waals surface area contributed by atoms with Gasteiger partial charge in [-0.25, -0.2) is 0 Å². The van der Waals surface area contributed by atoms with Crippen LogP contribution in [0, 0.1) is 12.8 Å². The van der Waals surface area contributed by atoms with E-state index in [2.05, 4.69) is 5.10 Å². The van der Waals surface area contributed by atoms with Gasteiger partial charge >= 0.3 is 0 Å². The monoisotopic (exact) mass is 167 g/mol. The molecule has 2 N–H and O–H groups in total. The topological polar surface area (TPSA) is 60.9 Å². The Labute approximate surface area is 71.4 Å². The Morgan fingerprint density at radius 1 is 1.83 bits per heavy atom. The molecule has 1 unspecified atom stereocenters. The van der Waals surface area contributed by atoms with Gasteiger partial charge in [0.1, 0.15) is 0 Å². The fourth-order valence-corrected chi connectivity index (χ4v) is 0.939. The summed E-state index contributed by atoms with van der Waals surface area (Å²) in [5.41, 5.74) is 6.17. The predicted octanol–water partition coefficient (Wildman–Crippen LogP) is 0.313. The molecule has 0 fully saturated rings. The van der Waals surface area contributed by atoms with Crippen molar-refractivity contribution in [1.29, 1.82) is 0 Å². The van der Waals surface area contributed by atoms with E-state index in [-0.39, 0.29) is 11.8 Å². The molecular weight excluding hydrogens is 154 g/mol. The molecule has 0 aliphatic carbocycles. The van der Waals surface area contributed by atoms with Crippen molar-refractivity contribution in [2.45, 2.75) is 20.4 Å². The van der Waals surface area contributed by atoms with Gasteiger partial charge in [-0.05, 0) is 13.0 Å². The highest BCUT2D eigenvalue weighted by Crippen LogP contribution is 2.02. The highest BCUT2D eigenvalue weighted by molar-refractivity contribution is 5.76. The third-order valence-corrected chi connectivity index (χ3v) is 1.86. The third-order valence-electron chi connectivity index (χ3n) is 1.86. The lowest BCUT2D eigenvalue weighted by molar-refractivity contribution is -0.121. The molecule has 1 atom stereocenters. The van der Waals surface area contributed by atoms with Crippen molar-refractivity contribution in [2.24, 2.45) is 11.7 Å². The minimum Gasteiger partial charge on any atom is -0.369 e. The summed E-state index contributed by atoms with van der Waals surface area (Å²) in [5.74, 6) is -0.450. The van der Waals surface area contributed by atoms with Crippen molar-refractivity contribution in [2.75, 3.05) is 0 Å². The molecule has 1 rings (SSSR count). The van der Waals surface area contributed by atoms with Gasteiger partial charge in [-0.1, -0.05) is 6.92 Å². The number of hydrogen-bond acceptors (Lipinski definition) is 2. The normalized spacial score (nSPS) is 12.8. The molecule has 12 heavy (non-hydrogen) atoms. The molecule has 0 aliphatic rings. The number of carbonyl (C=O) groups excluding carboxylic acids is 1. The number of primary amides is 1. The number of nitrogens with two attached hydrogens (primary N) is 1. The molecule has 1 aromatic heterocycles. The van der Waals surface area contributed by atoms with Crippen LogP contribution >= 0.6 is 0 Å². The zero-order valence-electron chi connectivity index (χ0n) is 7.32. The van der Waals surface area contributed by atoms with Crippen molar-refractivity contribution >= 4 is 5.91 Å². The van der Waals surface area contributed by atoms with E-state index in [9.17, 15) is 4.79 Å². The Hall–Kier alpha value is -1.32. The van der Waals surface area contributed by atoms with Gasteiger partial charge in [0, 0.05) is 11.9 Å². The number of nitrogens with zero attached hydrogens (tertiary/aromatic N) is 2. The fourth-order valence-electron chi connectivity index (χ4n) is 0.939. The SMILES string of the molecule is Cc1ccnn1CC(C)C(N)=O. The molecule has 66 valence electrons. The minimum absolute atomic E-state index is 0.163. The van der Waals surface area contributed by atoms with Crippen molar-refractivity contribution < 1.29 is 4.79 Å². The van der Waals surface area contributed by atoms with Crippen LogP contribution < -0.4 is 5.73 Å². The number of aromatic nitrogens is 2. The quantitative estimate of drug-likeness (QED) is 0.704. The standard InChI is InChI=1S/C8H13N3O/c1-6(8(9)12)5-11-7(2)3-4-10-11/h3-4,6H,5H2,1-2H3,(H2,9,12). The lowest BCUT2D eigenvalue weighted by Gasteiger charge is -2.08. The summed E-state index contributed by atoms with van der Waals surface area (Å²) in [7, 11) is 0. The zero-order valence-corrected chi connectivity index (χ0v) is 7.32. The Bertz CT molecular complexity index is 280. The van der Waals surface area contributed by atoms with Crippen molar-refractivity contribution in [3.8, 4) is 0 Å². The van der Waals surface area contributed by atoms with E-state index < -0.39 is 0 Å². The van der Waals surface area contributed by atoms with Crippen molar-refractivity contribution in [1.82, 2.24) is 9.78 Å². The lowest BCUT2D eigenvalue weighted by atomic mass is 10.2. The summed E-state index contributed by atoms with van der Waals surface area (Å²) < 4.78 is 1.77. The molecule has 0 saturated heterocycles. The zero-order chi connectivity index (χ0) is 9.14. The van der Waals surface area contributed by atoms with Gasteiger partial charge in [0.15, 0.2) is 0 Å². The number of carbonyl (C=O) groups is 1. The summed E-state index contributed by atoms with van der Waals surface area (Å²) in [4.78, 5) is 10.7. The highest BCUT2D eigenvalue weighted by Gasteiger charge is 2.10. The smallest absolute Gasteiger partial charge is 0.222 e. The van der Waals surface area contributed by atoms with Crippen LogP contribution in [0.1, 0.15) is 12.6 Å². The Kier molecular flexibility index (Phi) is 2.47. The van der Waals surface area contributed by atoms with Crippen LogP contribution in [-0.2, 0) is 11.3 Å². The average Bonchev–Trinajstić information content (AvgIpc) is 2.36. The molecule has 0 aromatic carbocycles. The largest absolute Gasteiger partial charge is 0.369 e. The van der Waals surface area contributed by atoms with Crippen LogP contribution in [0.25, 0.3) is 0 Å². The van der Waals surface area contributed by atoms with E-state index in [1.165, 1.54) is 0 Å². The second-order valence-corrected chi connectivity index (χ2v) is 2.96. The molecule has 0 saturated carbocycles. The molecular formula is C8H13N3O. The first kappa shape index (κ1) is 8.77. The molecule has 0 bridgehead atoms. The van der Waals surface area contributed by atoms with Gasteiger partial charge in [0.2, 0.25) is 5.91 Å². The van der Waals surface area contributed by atoms with Crippen molar-refractivity contribution in [3.05, 3.63) is 18.0 Å². The Morgan fingerprint density at radius 3 is 2.92 bits per heavy atom. The second-order valence-electron chi connectivity index (χ2n) is 2.96. The lowest BCUT2D eigenvalue weighted by Crippen LogP contribution is -2.25. The number of hydrogen-bond donors (Lipinski definition) is 1. The molecule has 1 amide bonds. The van der Waals surface area contributed by atoms with E-state index in [0.29, 0.717) is 6.54 Å². The fraction of sp³-hybridized carbons (Fsp3) is 0.500. The van der Waals surface area contributed by atoms with E-state index in [4.69, 9.17) is 5.73 Å². The van der Waals surface area contributed by atoms with Gasteiger partial charge in [-0.3, -0.25) is 9.48 Å². The van der Waals surface area contributed by atoms with E-state index in [1.807, 2.05) is 13.0 Å². The Morgan fingerprint density at radius 2 is 2.50 bits per heavy atom. The highest BCUT2D eigenvalue weighted by atomic mass is 16.1. The van der Waals surface area contributed by atoms with Gasteiger partial charge in [-0.2, -0.15) is 5.10 Å². The van der Waals surface area contributed by atoms with E-state index in [0.717, 1.165) is 5.69 Å². The Balaban J connectivity index is 2.64. The number of rotatable bonds is 3. The van der Waals surface area contributed by atoms with Crippen molar-refractivity contribution in [3.63, 3.8) is 0 Å². The summed E-state index contributed by atoms with van der Waals surface area (Å²) in [5, 5.41) is 4.05. The minimum atomic E-state index is -0.287. The van der Waals surface area contributed by atoms with E-state index in [1.54, 1.807) is 17.8 Å². The van der Waals surface area contributed by atoms with Crippen LogP contribution in [0.2, 0.25) is 0 Å². The van der Waals surface area contributed by atoms with Crippen LogP contribution in [-0.4, -0.2) is 15.7 Å². The number of amides is 1. The van der Waals surface area contributed by atoms with Gasteiger partial charge in [0.25, 0.3) is 0 Å². The molecule has 0 spiro atoms. The first-order valence-corrected chi connectivity index (χ1v) is 3.89. The first-order chi connectivity index (χ1) is 5.61. The summed E-state index contributed by atoms with van der Waals surface area (Å²) >= 11 is 0. The van der Waals surface area contributed by atoms with Crippen LogP contribution in [0.15, 0.2) is 12.3 Å². The molecule has 1 heterocycles. The molecule has 0 radical (unpaired) electrons. The summed E-state index contributed by atoms with van der Waals surface area (Å²) in [6.07, 6.45) is 1.71. The maximum atomic E-state index is 10.7.